The fraction of sp³-hybridized carbons (Fsp3) is 0.417. The Labute approximate surface area is 105 Å². The van der Waals surface area contributed by atoms with Gasteiger partial charge in [0.05, 0.1) is 6.42 Å². The molecule has 0 radical (unpaired) electrons. The molecule has 0 unspecified atom stereocenters. The first kappa shape index (κ1) is 12.2. The number of aliphatic carboxylic acids is 1. The first-order valence-electron chi connectivity index (χ1n) is 5.38. The van der Waals surface area contributed by atoms with Crippen LogP contribution < -0.4 is 10.1 Å². The molecule has 4 nitrogen and oxygen atoms in total. The zero-order valence-electron chi connectivity index (χ0n) is 9.50. The van der Waals surface area contributed by atoms with E-state index in [4.69, 9.17) is 21.4 Å². The van der Waals surface area contributed by atoms with Gasteiger partial charge in [-0.1, -0.05) is 11.6 Å². The summed E-state index contributed by atoms with van der Waals surface area (Å²) >= 11 is 5.86. The lowest BCUT2D eigenvalue weighted by Gasteiger charge is -2.41. The smallest absolute Gasteiger partial charge is 0.307 e. The lowest BCUT2D eigenvalue weighted by molar-refractivity contribution is -0.143. The Morgan fingerprint density at radius 2 is 2.29 bits per heavy atom. The number of carboxylic acid groups (broad SMARTS) is 1. The van der Waals surface area contributed by atoms with E-state index < -0.39 is 11.6 Å². The fourth-order valence-corrected chi connectivity index (χ4v) is 2.10. The molecule has 1 saturated heterocycles. The van der Waals surface area contributed by atoms with Crippen molar-refractivity contribution in [3.63, 3.8) is 0 Å². The second-order valence-corrected chi connectivity index (χ2v) is 4.81. The van der Waals surface area contributed by atoms with E-state index in [1.165, 1.54) is 0 Å². The van der Waals surface area contributed by atoms with E-state index >= 15 is 0 Å². The number of benzene rings is 1. The molecule has 5 heteroatoms. The van der Waals surface area contributed by atoms with E-state index in [2.05, 4.69) is 5.32 Å². The maximum absolute atomic E-state index is 10.8. The molecule has 1 aliphatic heterocycles. The summed E-state index contributed by atoms with van der Waals surface area (Å²) in [5, 5.41) is 12.6. The van der Waals surface area contributed by atoms with E-state index in [1.807, 2.05) is 6.92 Å². The minimum absolute atomic E-state index is 0.00205. The van der Waals surface area contributed by atoms with Crippen molar-refractivity contribution in [2.75, 3.05) is 13.1 Å². The van der Waals surface area contributed by atoms with Crippen LogP contribution in [0.1, 0.15) is 12.0 Å². The molecular formula is C12H14ClNO3. The third-order valence-electron chi connectivity index (χ3n) is 2.83. The van der Waals surface area contributed by atoms with Crippen LogP contribution in [-0.4, -0.2) is 29.8 Å². The number of halogens is 1. The first-order chi connectivity index (χ1) is 8.01. The van der Waals surface area contributed by atoms with Crippen LogP contribution in [0.2, 0.25) is 5.02 Å². The molecule has 0 bridgehead atoms. The van der Waals surface area contributed by atoms with Gasteiger partial charge in [-0.2, -0.15) is 0 Å². The Hall–Kier alpha value is -1.26. The predicted octanol–water partition coefficient (Wildman–Crippen LogP) is 1.84. The Bertz CT molecular complexity index is 443. The first-order valence-corrected chi connectivity index (χ1v) is 5.76. The van der Waals surface area contributed by atoms with Crippen molar-refractivity contribution in [3.8, 4) is 5.75 Å². The molecule has 0 atom stereocenters. The minimum Gasteiger partial charge on any atom is -0.484 e. The summed E-state index contributed by atoms with van der Waals surface area (Å²) in [6.07, 6.45) is 0.00205. The molecule has 1 heterocycles. The quantitative estimate of drug-likeness (QED) is 0.862. The average molecular weight is 256 g/mol. The number of carboxylic acids is 1. The zero-order chi connectivity index (χ0) is 12.5. The highest BCUT2D eigenvalue weighted by molar-refractivity contribution is 6.30. The molecule has 1 aromatic carbocycles. The Balaban J connectivity index is 2.15. The maximum atomic E-state index is 10.8. The Kier molecular flexibility index (Phi) is 3.26. The molecule has 2 N–H and O–H groups in total. The normalized spacial score (nSPS) is 17.3. The van der Waals surface area contributed by atoms with Crippen LogP contribution in [-0.2, 0) is 4.79 Å². The standard InChI is InChI=1S/C12H14ClNO3/c1-8-4-9(13)2-3-10(8)17-12(5-11(15)16)6-14-7-12/h2-4,14H,5-7H2,1H3,(H,15,16). The molecule has 17 heavy (non-hydrogen) atoms. The highest BCUT2D eigenvalue weighted by Crippen LogP contribution is 2.29. The van der Waals surface area contributed by atoms with Gasteiger partial charge in [-0.05, 0) is 30.7 Å². The third kappa shape index (κ3) is 2.70. The monoisotopic (exact) mass is 255 g/mol. The summed E-state index contributed by atoms with van der Waals surface area (Å²) in [5.41, 5.74) is 0.291. The van der Waals surface area contributed by atoms with Gasteiger partial charge in [-0.3, -0.25) is 4.79 Å². The minimum atomic E-state index is -0.849. The van der Waals surface area contributed by atoms with Crippen LogP contribution in [0.5, 0.6) is 5.75 Å². The molecule has 0 aromatic heterocycles. The number of ether oxygens (including phenoxy) is 1. The molecule has 0 saturated carbocycles. The summed E-state index contributed by atoms with van der Waals surface area (Å²) < 4.78 is 5.83. The molecule has 2 rings (SSSR count). The summed E-state index contributed by atoms with van der Waals surface area (Å²) in [6, 6.07) is 5.32. The highest BCUT2D eigenvalue weighted by atomic mass is 35.5. The van der Waals surface area contributed by atoms with Crippen molar-refractivity contribution >= 4 is 17.6 Å². The van der Waals surface area contributed by atoms with Gasteiger partial charge in [0.1, 0.15) is 11.4 Å². The van der Waals surface area contributed by atoms with Crippen molar-refractivity contribution in [1.29, 1.82) is 0 Å². The van der Waals surface area contributed by atoms with Crippen LogP contribution in [0.4, 0.5) is 0 Å². The van der Waals surface area contributed by atoms with Crippen molar-refractivity contribution in [3.05, 3.63) is 28.8 Å². The van der Waals surface area contributed by atoms with Crippen molar-refractivity contribution < 1.29 is 14.6 Å². The molecular weight excluding hydrogens is 242 g/mol. The van der Waals surface area contributed by atoms with E-state index in [0.717, 1.165) is 5.56 Å². The van der Waals surface area contributed by atoms with Gasteiger partial charge < -0.3 is 15.2 Å². The number of rotatable bonds is 4. The van der Waals surface area contributed by atoms with Gasteiger partial charge in [-0.15, -0.1) is 0 Å². The summed E-state index contributed by atoms with van der Waals surface area (Å²) in [5.74, 6) is -0.157. The second-order valence-electron chi connectivity index (χ2n) is 4.37. The third-order valence-corrected chi connectivity index (χ3v) is 3.07. The van der Waals surface area contributed by atoms with Crippen LogP contribution in [0.3, 0.4) is 0 Å². The van der Waals surface area contributed by atoms with Gasteiger partial charge in [0.25, 0.3) is 0 Å². The van der Waals surface area contributed by atoms with Crippen molar-refractivity contribution in [2.45, 2.75) is 18.9 Å². The highest BCUT2D eigenvalue weighted by Gasteiger charge is 2.41. The number of nitrogens with one attached hydrogen (secondary N) is 1. The number of carbonyl (C=O) groups is 1. The second kappa shape index (κ2) is 4.55. The number of hydrogen-bond donors (Lipinski definition) is 2. The van der Waals surface area contributed by atoms with Gasteiger partial charge in [-0.25, -0.2) is 0 Å². The summed E-state index contributed by atoms with van der Waals surface area (Å²) in [4.78, 5) is 10.8. The lowest BCUT2D eigenvalue weighted by Crippen LogP contribution is -2.64. The van der Waals surface area contributed by atoms with Gasteiger partial charge in [0.2, 0.25) is 0 Å². The maximum Gasteiger partial charge on any atom is 0.307 e. The van der Waals surface area contributed by atoms with Crippen LogP contribution in [0, 0.1) is 6.92 Å². The van der Waals surface area contributed by atoms with E-state index in [1.54, 1.807) is 18.2 Å². The van der Waals surface area contributed by atoms with Crippen LogP contribution in [0.15, 0.2) is 18.2 Å². The zero-order valence-corrected chi connectivity index (χ0v) is 10.3. The topological polar surface area (TPSA) is 58.6 Å². The van der Waals surface area contributed by atoms with Crippen molar-refractivity contribution in [1.82, 2.24) is 5.32 Å². The molecule has 1 aromatic rings. The lowest BCUT2D eigenvalue weighted by atomic mass is 9.92. The molecule has 0 aliphatic carbocycles. The van der Waals surface area contributed by atoms with E-state index in [-0.39, 0.29) is 6.42 Å². The Morgan fingerprint density at radius 3 is 2.76 bits per heavy atom. The van der Waals surface area contributed by atoms with Gasteiger partial charge in [0.15, 0.2) is 0 Å². The molecule has 0 spiro atoms. The molecule has 1 fully saturated rings. The fourth-order valence-electron chi connectivity index (χ4n) is 1.87. The SMILES string of the molecule is Cc1cc(Cl)ccc1OC1(CC(=O)O)CNC1. The number of hydrogen-bond acceptors (Lipinski definition) is 3. The predicted molar refractivity (Wildman–Crippen MR) is 64.7 cm³/mol. The molecule has 1 aliphatic rings. The van der Waals surface area contributed by atoms with E-state index in [0.29, 0.717) is 23.9 Å². The van der Waals surface area contributed by atoms with Crippen LogP contribution >= 0.6 is 11.6 Å². The average Bonchev–Trinajstić information content (AvgIpc) is 2.18. The molecule has 92 valence electrons. The van der Waals surface area contributed by atoms with Gasteiger partial charge in [0, 0.05) is 18.1 Å². The van der Waals surface area contributed by atoms with Crippen molar-refractivity contribution in [2.24, 2.45) is 0 Å². The Morgan fingerprint density at radius 1 is 1.59 bits per heavy atom. The number of aryl methyl sites for hydroxylation is 1. The van der Waals surface area contributed by atoms with Gasteiger partial charge >= 0.3 is 5.97 Å². The summed E-state index contributed by atoms with van der Waals surface area (Å²) in [6.45, 7) is 3.00. The largest absolute Gasteiger partial charge is 0.484 e. The summed E-state index contributed by atoms with van der Waals surface area (Å²) in [7, 11) is 0. The van der Waals surface area contributed by atoms with E-state index in [9.17, 15) is 4.79 Å². The van der Waals surface area contributed by atoms with Crippen LogP contribution in [0.25, 0.3) is 0 Å². The molecule has 0 amide bonds.